The molecule has 0 fully saturated rings. The number of nitrogens with two attached hydrogens (primary N) is 1. The van der Waals surface area contributed by atoms with Gasteiger partial charge < -0.3 is 5.73 Å². The van der Waals surface area contributed by atoms with Crippen LogP contribution in [0.2, 0.25) is 0 Å². The van der Waals surface area contributed by atoms with E-state index in [4.69, 9.17) is 11.1 Å². The van der Waals surface area contributed by atoms with Crippen LogP contribution in [0.1, 0.15) is 0 Å². The Kier molecular flexibility index (Phi) is 3.77. The van der Waals surface area contributed by atoms with Crippen molar-refractivity contribution >= 4 is 16.6 Å². The molecule has 0 rings (SSSR count). The molecule has 0 bridgehead atoms. The molecule has 0 saturated heterocycles. The van der Waals surface area contributed by atoms with Gasteiger partial charge in [-0.1, -0.05) is 0 Å². The summed E-state index contributed by atoms with van der Waals surface area (Å²) >= 11 is -1.61. The van der Waals surface area contributed by atoms with Gasteiger partial charge >= 0.3 is 0 Å². The summed E-state index contributed by atoms with van der Waals surface area (Å²) in [5.41, 5.74) is 5.46. The van der Waals surface area contributed by atoms with Crippen molar-refractivity contribution in [2.24, 2.45) is 5.73 Å². The lowest BCUT2D eigenvalue weighted by Crippen LogP contribution is -2.06. The molecular formula is C2H6N2O2S. The summed E-state index contributed by atoms with van der Waals surface area (Å²) in [6.45, 7) is -0.109. The first-order chi connectivity index (χ1) is 3.31. The molecule has 3 N–H and O–H groups in total. The van der Waals surface area contributed by atoms with E-state index in [-0.39, 0.29) is 6.73 Å². The van der Waals surface area contributed by atoms with E-state index in [2.05, 4.69) is 4.18 Å². The molecule has 0 aliphatic rings. The first-order valence-electron chi connectivity index (χ1n) is 1.55. The lowest BCUT2D eigenvalue weighted by atomic mass is 11.4. The van der Waals surface area contributed by atoms with Crippen LogP contribution in [0.25, 0.3) is 0 Å². The monoisotopic (exact) mass is 122 g/mol. The molecule has 7 heavy (non-hydrogen) atoms. The Bertz CT molecular complexity index is 83.8. The lowest BCUT2D eigenvalue weighted by Gasteiger charge is -1.87. The van der Waals surface area contributed by atoms with Gasteiger partial charge in [-0.05, 0) is 0 Å². The highest BCUT2D eigenvalue weighted by atomic mass is 32.2. The van der Waals surface area contributed by atoms with E-state index in [0.29, 0.717) is 5.55 Å². The van der Waals surface area contributed by atoms with E-state index >= 15 is 0 Å². The van der Waals surface area contributed by atoms with Crippen molar-refractivity contribution in [2.75, 3.05) is 6.73 Å². The van der Waals surface area contributed by atoms with Gasteiger partial charge in [0.2, 0.25) is 11.1 Å². The van der Waals surface area contributed by atoms with Crippen LogP contribution in [-0.2, 0) is 15.3 Å². The maximum Gasteiger partial charge on any atom is 0.201 e. The quantitative estimate of drug-likeness (QED) is 0.292. The predicted octanol–water partition coefficient (Wildman–Crippen LogP) is -0.810. The third kappa shape index (κ3) is 3.57. The van der Waals surface area contributed by atoms with Gasteiger partial charge in [0.15, 0.2) is 0 Å². The zero-order chi connectivity index (χ0) is 5.70. The topological polar surface area (TPSA) is 76.2 Å². The summed E-state index contributed by atoms with van der Waals surface area (Å²) in [5, 5.41) is 6.31. The molecule has 0 aliphatic heterocycles. The lowest BCUT2D eigenvalue weighted by molar-refractivity contribution is 0.367. The van der Waals surface area contributed by atoms with E-state index in [9.17, 15) is 4.21 Å². The Balaban J connectivity index is 3.17. The minimum atomic E-state index is -1.61. The minimum absolute atomic E-state index is 0.109. The zero-order valence-electron chi connectivity index (χ0n) is 3.59. The van der Waals surface area contributed by atoms with Gasteiger partial charge in [-0.15, -0.1) is 0 Å². The molecule has 5 heteroatoms. The van der Waals surface area contributed by atoms with Crippen molar-refractivity contribution in [1.29, 1.82) is 5.41 Å². The predicted molar refractivity (Wildman–Crippen MR) is 27.1 cm³/mol. The van der Waals surface area contributed by atoms with Gasteiger partial charge in [0, 0.05) is 0 Å². The molecular weight excluding hydrogens is 116 g/mol. The van der Waals surface area contributed by atoms with Crippen LogP contribution in [0.3, 0.4) is 0 Å². The maximum absolute atomic E-state index is 9.98. The molecule has 42 valence electrons. The van der Waals surface area contributed by atoms with E-state index in [1.54, 1.807) is 0 Å². The van der Waals surface area contributed by atoms with Gasteiger partial charge in [-0.2, -0.15) is 0 Å². The maximum atomic E-state index is 9.98. The van der Waals surface area contributed by atoms with E-state index < -0.39 is 11.1 Å². The molecule has 1 atom stereocenters. The van der Waals surface area contributed by atoms with Crippen LogP contribution in [0.4, 0.5) is 0 Å². The Hall–Kier alpha value is -0.260. The molecule has 0 heterocycles. The first kappa shape index (κ1) is 6.74. The highest BCUT2D eigenvalue weighted by molar-refractivity contribution is 7.94. The van der Waals surface area contributed by atoms with E-state index in [0.717, 1.165) is 0 Å². The fourth-order valence-electron chi connectivity index (χ4n) is 0.101. The summed E-state index contributed by atoms with van der Waals surface area (Å²) in [6, 6.07) is 0. The number of hydrogen-bond acceptors (Lipinski definition) is 4. The van der Waals surface area contributed by atoms with E-state index in [1.807, 2.05) is 0 Å². The van der Waals surface area contributed by atoms with Gasteiger partial charge in [-0.25, -0.2) is 4.21 Å². The Morgan fingerprint density at radius 2 is 2.57 bits per heavy atom. The molecule has 4 nitrogen and oxygen atoms in total. The van der Waals surface area contributed by atoms with Crippen molar-refractivity contribution in [3.63, 3.8) is 0 Å². The van der Waals surface area contributed by atoms with Crippen LogP contribution < -0.4 is 5.73 Å². The molecule has 0 aromatic rings. The Morgan fingerprint density at radius 3 is 2.71 bits per heavy atom. The summed E-state index contributed by atoms with van der Waals surface area (Å²) in [6.07, 6.45) is 0. The minimum Gasteiger partial charge on any atom is -0.308 e. The summed E-state index contributed by atoms with van der Waals surface area (Å²) in [5.74, 6) is 0. The van der Waals surface area contributed by atoms with Crippen molar-refractivity contribution in [2.45, 2.75) is 0 Å². The van der Waals surface area contributed by atoms with Crippen LogP contribution in [0.15, 0.2) is 0 Å². The Labute approximate surface area is 43.8 Å². The fourth-order valence-corrected chi connectivity index (χ4v) is 0.303. The molecule has 0 radical (unpaired) electrons. The molecule has 0 amide bonds. The van der Waals surface area contributed by atoms with Crippen LogP contribution in [0, 0.1) is 5.41 Å². The van der Waals surface area contributed by atoms with Gasteiger partial charge in [0.05, 0.1) is 0 Å². The second-order valence-corrected chi connectivity index (χ2v) is 1.66. The average molecular weight is 122 g/mol. The molecule has 0 aliphatic carbocycles. The molecule has 0 spiro atoms. The normalized spacial score (nSPS) is 13.3. The van der Waals surface area contributed by atoms with Gasteiger partial charge in [-0.3, -0.25) is 9.59 Å². The number of hydrogen-bond donors (Lipinski definition) is 2. The third-order valence-electron chi connectivity index (χ3n) is 0.280. The SMILES string of the molecule is N=CS(=O)OCN. The zero-order valence-corrected chi connectivity index (χ0v) is 4.40. The van der Waals surface area contributed by atoms with Crippen molar-refractivity contribution in [3.05, 3.63) is 0 Å². The molecule has 1 unspecified atom stereocenters. The Morgan fingerprint density at radius 1 is 2.00 bits per heavy atom. The summed E-state index contributed by atoms with van der Waals surface area (Å²) < 4.78 is 14.2. The third-order valence-corrected chi connectivity index (χ3v) is 0.841. The van der Waals surface area contributed by atoms with Crippen molar-refractivity contribution < 1.29 is 8.39 Å². The smallest absolute Gasteiger partial charge is 0.201 e. The van der Waals surface area contributed by atoms with Gasteiger partial charge in [0.25, 0.3) is 0 Å². The van der Waals surface area contributed by atoms with Crippen LogP contribution in [-0.4, -0.2) is 16.5 Å². The standard InChI is InChI=1S/C2H6N2O2S/c3-1-6-7(5)2-4/h2,4H,1,3H2. The van der Waals surface area contributed by atoms with E-state index in [1.165, 1.54) is 0 Å². The average Bonchev–Trinajstić information content (AvgIpc) is 1.68. The fraction of sp³-hybridized carbons (Fsp3) is 0.500. The first-order valence-corrected chi connectivity index (χ1v) is 2.69. The summed E-state index contributed by atoms with van der Waals surface area (Å²) in [4.78, 5) is 0. The van der Waals surface area contributed by atoms with Crippen molar-refractivity contribution in [3.8, 4) is 0 Å². The van der Waals surface area contributed by atoms with Crippen LogP contribution >= 0.6 is 0 Å². The van der Waals surface area contributed by atoms with Crippen molar-refractivity contribution in [1.82, 2.24) is 0 Å². The molecule has 0 saturated carbocycles. The second-order valence-electron chi connectivity index (χ2n) is 0.663. The highest BCUT2D eigenvalue weighted by Gasteiger charge is 1.85. The molecule has 0 aromatic carbocycles. The highest BCUT2D eigenvalue weighted by Crippen LogP contribution is 1.72. The summed E-state index contributed by atoms with van der Waals surface area (Å²) in [7, 11) is 0. The van der Waals surface area contributed by atoms with Gasteiger partial charge in [0.1, 0.15) is 12.3 Å². The van der Waals surface area contributed by atoms with Crippen LogP contribution in [0.5, 0.6) is 0 Å². The largest absolute Gasteiger partial charge is 0.308 e. The molecule has 0 aromatic heterocycles. The number of nitrogens with one attached hydrogen (secondary N) is 1. The number of rotatable bonds is 3. The second kappa shape index (κ2) is 3.91.